The Morgan fingerprint density at radius 2 is 1.47 bits per heavy atom. The Balaban J connectivity index is 1.70. The van der Waals surface area contributed by atoms with Crippen molar-refractivity contribution in [3.8, 4) is 0 Å². The molecular formula is C26H30N2O3S. The summed E-state index contributed by atoms with van der Waals surface area (Å²) < 4.78 is 26.1. The molecule has 3 aromatic rings. The zero-order valence-corrected chi connectivity index (χ0v) is 19.6. The lowest BCUT2D eigenvalue weighted by Crippen LogP contribution is -2.33. The summed E-state index contributed by atoms with van der Waals surface area (Å²) in [5, 5.41) is 3.13. The lowest BCUT2D eigenvalue weighted by atomic mass is 9.97. The molecule has 0 heterocycles. The molecule has 0 saturated carbocycles. The molecule has 1 amide bonds. The van der Waals surface area contributed by atoms with Gasteiger partial charge in [-0.2, -0.15) is 0 Å². The monoisotopic (exact) mass is 450 g/mol. The number of para-hydroxylation sites is 1. The van der Waals surface area contributed by atoms with Crippen LogP contribution in [-0.4, -0.2) is 27.1 Å². The number of rotatable bonds is 9. The van der Waals surface area contributed by atoms with Crippen molar-refractivity contribution in [2.24, 2.45) is 0 Å². The smallest absolute Gasteiger partial charge is 0.232 e. The maximum atomic E-state index is 12.8. The highest BCUT2D eigenvalue weighted by atomic mass is 32.2. The average molecular weight is 451 g/mol. The SMILES string of the molecule is Cc1ccc(C(NC(=O)CCCN(c2ccccc2C)S(C)(=O)=O)c2ccccc2)cc1. The van der Waals surface area contributed by atoms with Crippen LogP contribution in [0.1, 0.15) is 41.1 Å². The highest BCUT2D eigenvalue weighted by Gasteiger charge is 2.20. The van der Waals surface area contributed by atoms with Gasteiger partial charge in [-0.25, -0.2) is 8.42 Å². The second-order valence-corrected chi connectivity index (χ2v) is 9.95. The van der Waals surface area contributed by atoms with Gasteiger partial charge in [-0.05, 0) is 43.0 Å². The topological polar surface area (TPSA) is 66.5 Å². The van der Waals surface area contributed by atoms with Gasteiger partial charge in [0.1, 0.15) is 0 Å². The molecule has 0 bridgehead atoms. The quantitative estimate of drug-likeness (QED) is 0.511. The molecule has 1 atom stereocenters. The van der Waals surface area contributed by atoms with Crippen LogP contribution >= 0.6 is 0 Å². The standard InChI is InChI=1S/C26H30N2O3S/c1-20-15-17-23(18-16-20)26(22-11-5-4-6-12-22)27-25(29)14-9-19-28(32(3,30)31)24-13-8-7-10-21(24)2/h4-8,10-13,15-18,26H,9,14,19H2,1-3H3,(H,27,29). The first-order valence-corrected chi connectivity index (χ1v) is 12.5. The van der Waals surface area contributed by atoms with Crippen molar-refractivity contribution in [3.05, 3.63) is 101 Å². The molecule has 0 aromatic heterocycles. The van der Waals surface area contributed by atoms with Crippen LogP contribution in [0.5, 0.6) is 0 Å². The number of anilines is 1. The molecule has 1 N–H and O–H groups in total. The van der Waals surface area contributed by atoms with E-state index in [1.165, 1.54) is 10.6 Å². The van der Waals surface area contributed by atoms with Gasteiger partial charge in [0.15, 0.2) is 0 Å². The van der Waals surface area contributed by atoms with Crippen LogP contribution in [-0.2, 0) is 14.8 Å². The molecule has 0 aliphatic rings. The first kappa shape index (κ1) is 23.5. The number of amides is 1. The highest BCUT2D eigenvalue weighted by molar-refractivity contribution is 7.92. The van der Waals surface area contributed by atoms with E-state index >= 15 is 0 Å². The third kappa shape index (κ3) is 6.20. The van der Waals surface area contributed by atoms with E-state index in [0.29, 0.717) is 12.1 Å². The number of nitrogens with zero attached hydrogens (tertiary/aromatic N) is 1. The number of hydrogen-bond donors (Lipinski definition) is 1. The molecule has 1 unspecified atom stereocenters. The highest BCUT2D eigenvalue weighted by Crippen LogP contribution is 2.24. The largest absolute Gasteiger partial charge is 0.345 e. The summed E-state index contributed by atoms with van der Waals surface area (Å²) in [7, 11) is -3.45. The molecule has 0 saturated heterocycles. The third-order valence-electron chi connectivity index (χ3n) is 5.40. The van der Waals surface area contributed by atoms with Gasteiger partial charge in [-0.3, -0.25) is 9.10 Å². The zero-order chi connectivity index (χ0) is 23.1. The first-order chi connectivity index (χ1) is 15.3. The van der Waals surface area contributed by atoms with Gasteiger partial charge in [0.05, 0.1) is 18.0 Å². The van der Waals surface area contributed by atoms with Crippen LogP contribution in [0.25, 0.3) is 0 Å². The Labute approximate surface area is 191 Å². The van der Waals surface area contributed by atoms with E-state index in [9.17, 15) is 13.2 Å². The van der Waals surface area contributed by atoms with Gasteiger partial charge in [0.25, 0.3) is 0 Å². The summed E-state index contributed by atoms with van der Waals surface area (Å²) in [6, 6.07) is 25.1. The Morgan fingerprint density at radius 1 is 0.875 bits per heavy atom. The molecular weight excluding hydrogens is 420 g/mol. The molecule has 168 valence electrons. The Hall–Kier alpha value is -3.12. The molecule has 3 aromatic carbocycles. The molecule has 6 heteroatoms. The molecule has 0 aliphatic carbocycles. The minimum Gasteiger partial charge on any atom is -0.345 e. The number of nitrogens with one attached hydrogen (secondary N) is 1. The number of sulfonamides is 1. The van der Waals surface area contributed by atoms with Crippen LogP contribution in [0.2, 0.25) is 0 Å². The van der Waals surface area contributed by atoms with Gasteiger partial charge in [-0.15, -0.1) is 0 Å². The normalized spacial score (nSPS) is 12.2. The van der Waals surface area contributed by atoms with Gasteiger partial charge in [0, 0.05) is 13.0 Å². The van der Waals surface area contributed by atoms with Crippen molar-refractivity contribution < 1.29 is 13.2 Å². The second-order valence-electron chi connectivity index (χ2n) is 8.05. The summed E-state index contributed by atoms with van der Waals surface area (Å²) in [6.07, 6.45) is 1.85. The van der Waals surface area contributed by atoms with Crippen LogP contribution in [0.3, 0.4) is 0 Å². The van der Waals surface area contributed by atoms with Crippen molar-refractivity contribution in [1.29, 1.82) is 0 Å². The number of hydrogen-bond acceptors (Lipinski definition) is 3. The van der Waals surface area contributed by atoms with E-state index in [0.717, 1.165) is 22.3 Å². The second kappa shape index (κ2) is 10.5. The van der Waals surface area contributed by atoms with Crippen molar-refractivity contribution in [2.75, 3.05) is 17.1 Å². The summed E-state index contributed by atoms with van der Waals surface area (Å²) in [6.45, 7) is 4.16. The van der Waals surface area contributed by atoms with E-state index in [1.54, 1.807) is 6.07 Å². The fraction of sp³-hybridized carbons (Fsp3) is 0.269. The molecule has 0 spiro atoms. The van der Waals surface area contributed by atoms with Gasteiger partial charge in [0.2, 0.25) is 15.9 Å². The molecule has 32 heavy (non-hydrogen) atoms. The van der Waals surface area contributed by atoms with Crippen LogP contribution < -0.4 is 9.62 Å². The number of benzene rings is 3. The summed E-state index contributed by atoms with van der Waals surface area (Å²) in [4.78, 5) is 12.8. The average Bonchev–Trinajstić information content (AvgIpc) is 2.76. The molecule has 0 aliphatic heterocycles. The van der Waals surface area contributed by atoms with E-state index < -0.39 is 10.0 Å². The number of carbonyl (C=O) groups is 1. The van der Waals surface area contributed by atoms with Crippen LogP contribution in [0, 0.1) is 13.8 Å². The number of carbonyl (C=O) groups excluding carboxylic acids is 1. The Bertz CT molecular complexity index is 1140. The van der Waals surface area contributed by atoms with Crippen LogP contribution in [0.4, 0.5) is 5.69 Å². The minimum absolute atomic E-state index is 0.113. The van der Waals surface area contributed by atoms with Crippen molar-refractivity contribution in [2.45, 2.75) is 32.7 Å². The van der Waals surface area contributed by atoms with Crippen molar-refractivity contribution >= 4 is 21.6 Å². The molecule has 3 rings (SSSR count). The summed E-state index contributed by atoms with van der Waals surface area (Å²) >= 11 is 0. The van der Waals surface area contributed by atoms with E-state index in [-0.39, 0.29) is 24.9 Å². The summed E-state index contributed by atoms with van der Waals surface area (Å²) in [5.74, 6) is -0.113. The maximum Gasteiger partial charge on any atom is 0.232 e. The van der Waals surface area contributed by atoms with E-state index in [2.05, 4.69) is 5.32 Å². The molecule has 0 fully saturated rings. The fourth-order valence-corrected chi connectivity index (χ4v) is 4.71. The first-order valence-electron chi connectivity index (χ1n) is 10.7. The minimum atomic E-state index is -3.45. The Morgan fingerprint density at radius 3 is 2.09 bits per heavy atom. The Kier molecular flexibility index (Phi) is 7.70. The van der Waals surface area contributed by atoms with Crippen molar-refractivity contribution in [1.82, 2.24) is 5.32 Å². The van der Waals surface area contributed by atoms with E-state index in [1.807, 2.05) is 86.6 Å². The van der Waals surface area contributed by atoms with Gasteiger partial charge in [-0.1, -0.05) is 78.4 Å². The summed E-state index contributed by atoms with van der Waals surface area (Å²) in [5.41, 5.74) is 4.70. The molecule has 5 nitrogen and oxygen atoms in total. The lowest BCUT2D eigenvalue weighted by molar-refractivity contribution is -0.121. The van der Waals surface area contributed by atoms with Gasteiger partial charge >= 0.3 is 0 Å². The lowest BCUT2D eigenvalue weighted by Gasteiger charge is -2.24. The van der Waals surface area contributed by atoms with Crippen molar-refractivity contribution in [3.63, 3.8) is 0 Å². The molecule has 0 radical (unpaired) electrons. The van der Waals surface area contributed by atoms with E-state index in [4.69, 9.17) is 0 Å². The van der Waals surface area contributed by atoms with Gasteiger partial charge < -0.3 is 5.32 Å². The predicted octanol–water partition coefficient (Wildman–Crippen LogP) is 4.76. The zero-order valence-electron chi connectivity index (χ0n) is 18.8. The van der Waals surface area contributed by atoms with Crippen LogP contribution in [0.15, 0.2) is 78.9 Å². The number of aryl methyl sites for hydroxylation is 2. The predicted molar refractivity (Wildman–Crippen MR) is 130 cm³/mol. The fourth-order valence-electron chi connectivity index (χ4n) is 3.69. The maximum absolute atomic E-state index is 12.8. The third-order valence-corrected chi connectivity index (χ3v) is 6.58.